The van der Waals surface area contributed by atoms with E-state index in [1.165, 1.54) is 25.3 Å². The Morgan fingerprint density at radius 2 is 2.04 bits per heavy atom. The molecule has 1 N–H and O–H groups in total. The lowest BCUT2D eigenvalue weighted by atomic mass is 10.1. The molecule has 24 heavy (non-hydrogen) atoms. The first kappa shape index (κ1) is 18.1. The fourth-order valence-corrected chi connectivity index (χ4v) is 2.59. The van der Waals surface area contributed by atoms with Crippen molar-refractivity contribution in [1.29, 1.82) is 0 Å². The monoisotopic (exact) mass is 351 g/mol. The number of carbonyl (C=O) groups excluding carboxylic acids is 2. The molecule has 0 aliphatic rings. The third-order valence-electron chi connectivity index (χ3n) is 3.37. The van der Waals surface area contributed by atoms with Gasteiger partial charge in [0.15, 0.2) is 5.76 Å². The second kappa shape index (κ2) is 8.54. The van der Waals surface area contributed by atoms with Crippen LogP contribution in [0.2, 0.25) is 0 Å². The Balaban J connectivity index is 2.12. The van der Waals surface area contributed by atoms with Crippen molar-refractivity contribution >= 4 is 23.6 Å². The quantitative estimate of drug-likeness (QED) is 0.776. The number of furan rings is 1. The molecule has 0 fully saturated rings. The minimum atomic E-state index is -0.753. The van der Waals surface area contributed by atoms with Crippen LogP contribution in [-0.4, -0.2) is 37.0 Å². The highest BCUT2D eigenvalue weighted by atomic mass is 32.2. The highest BCUT2D eigenvalue weighted by Gasteiger charge is 2.23. The van der Waals surface area contributed by atoms with Crippen LogP contribution in [0.5, 0.6) is 0 Å². The number of halogens is 1. The Labute approximate surface area is 143 Å². The molecule has 2 aromatic rings. The number of methoxy groups -OCH3 is 1. The SMILES string of the molecule is COC(=O)[C@@H](CCSC)NC(=O)c1ccc(-c2ccccc2F)o1. The molecular formula is C17H18FNO4S. The number of benzene rings is 1. The molecule has 7 heteroatoms. The van der Waals surface area contributed by atoms with Crippen molar-refractivity contribution in [2.75, 3.05) is 19.1 Å². The molecule has 0 saturated carbocycles. The lowest BCUT2D eigenvalue weighted by molar-refractivity contribution is -0.142. The first-order chi connectivity index (χ1) is 11.6. The molecule has 2 rings (SSSR count). The molecular weight excluding hydrogens is 333 g/mol. The number of hydrogen-bond acceptors (Lipinski definition) is 5. The van der Waals surface area contributed by atoms with E-state index in [-0.39, 0.29) is 17.1 Å². The fraction of sp³-hybridized carbons (Fsp3) is 0.294. The first-order valence-electron chi connectivity index (χ1n) is 7.29. The van der Waals surface area contributed by atoms with Gasteiger partial charge in [-0.05, 0) is 42.7 Å². The van der Waals surface area contributed by atoms with Crippen LogP contribution in [0, 0.1) is 5.82 Å². The zero-order valence-corrected chi connectivity index (χ0v) is 14.2. The van der Waals surface area contributed by atoms with E-state index in [9.17, 15) is 14.0 Å². The van der Waals surface area contributed by atoms with Crippen LogP contribution in [0.25, 0.3) is 11.3 Å². The van der Waals surface area contributed by atoms with Gasteiger partial charge in [-0.3, -0.25) is 4.79 Å². The topological polar surface area (TPSA) is 68.5 Å². The summed E-state index contributed by atoms with van der Waals surface area (Å²) in [6.07, 6.45) is 2.35. The van der Waals surface area contributed by atoms with Crippen molar-refractivity contribution in [3.8, 4) is 11.3 Å². The van der Waals surface area contributed by atoms with Crippen molar-refractivity contribution in [1.82, 2.24) is 5.32 Å². The molecule has 1 aromatic carbocycles. The number of esters is 1. The van der Waals surface area contributed by atoms with E-state index < -0.39 is 23.7 Å². The predicted molar refractivity (Wildman–Crippen MR) is 90.4 cm³/mol. The Bertz CT molecular complexity index is 716. The predicted octanol–water partition coefficient (Wildman–Crippen LogP) is 3.11. The van der Waals surface area contributed by atoms with Gasteiger partial charge in [-0.2, -0.15) is 11.8 Å². The average Bonchev–Trinajstić information content (AvgIpc) is 3.08. The Morgan fingerprint density at radius 1 is 1.29 bits per heavy atom. The molecule has 5 nitrogen and oxygen atoms in total. The lowest BCUT2D eigenvalue weighted by Gasteiger charge is -2.15. The van der Waals surface area contributed by atoms with Crippen LogP contribution in [0.15, 0.2) is 40.8 Å². The smallest absolute Gasteiger partial charge is 0.328 e. The van der Waals surface area contributed by atoms with Gasteiger partial charge in [-0.25, -0.2) is 9.18 Å². The largest absolute Gasteiger partial charge is 0.467 e. The van der Waals surface area contributed by atoms with E-state index in [1.54, 1.807) is 30.0 Å². The fourth-order valence-electron chi connectivity index (χ4n) is 2.12. The summed E-state index contributed by atoms with van der Waals surface area (Å²) in [7, 11) is 1.27. The third-order valence-corrected chi connectivity index (χ3v) is 4.01. The number of ether oxygens (including phenoxy) is 1. The summed E-state index contributed by atoms with van der Waals surface area (Å²) in [6.45, 7) is 0. The van der Waals surface area contributed by atoms with Gasteiger partial charge < -0.3 is 14.5 Å². The normalized spacial score (nSPS) is 11.8. The zero-order chi connectivity index (χ0) is 17.5. The second-order valence-electron chi connectivity index (χ2n) is 4.97. The van der Waals surface area contributed by atoms with Crippen LogP contribution in [0.1, 0.15) is 17.0 Å². The van der Waals surface area contributed by atoms with E-state index in [4.69, 9.17) is 9.15 Å². The molecule has 0 aliphatic heterocycles. The maximum atomic E-state index is 13.8. The number of carbonyl (C=O) groups is 2. The molecule has 128 valence electrons. The summed E-state index contributed by atoms with van der Waals surface area (Å²) in [6, 6.07) is 8.33. The van der Waals surface area contributed by atoms with Gasteiger partial charge >= 0.3 is 5.97 Å². The van der Waals surface area contributed by atoms with E-state index in [2.05, 4.69) is 5.32 Å². The van der Waals surface area contributed by atoms with Crippen LogP contribution < -0.4 is 5.32 Å². The third kappa shape index (κ3) is 4.38. The van der Waals surface area contributed by atoms with Crippen molar-refractivity contribution in [2.45, 2.75) is 12.5 Å². The lowest BCUT2D eigenvalue weighted by Crippen LogP contribution is -2.41. The second-order valence-corrected chi connectivity index (χ2v) is 5.96. The molecule has 0 unspecified atom stereocenters. The van der Waals surface area contributed by atoms with Gasteiger partial charge in [0.1, 0.15) is 17.6 Å². The zero-order valence-electron chi connectivity index (χ0n) is 13.4. The number of amides is 1. The molecule has 1 aromatic heterocycles. The molecule has 1 heterocycles. The number of nitrogens with one attached hydrogen (secondary N) is 1. The van der Waals surface area contributed by atoms with Crippen molar-refractivity contribution in [3.63, 3.8) is 0 Å². The molecule has 0 radical (unpaired) electrons. The number of hydrogen-bond donors (Lipinski definition) is 1. The van der Waals surface area contributed by atoms with Crippen molar-refractivity contribution in [2.24, 2.45) is 0 Å². The van der Waals surface area contributed by atoms with Crippen LogP contribution in [0.3, 0.4) is 0 Å². The molecule has 0 aliphatic carbocycles. The van der Waals surface area contributed by atoms with Gasteiger partial charge in [-0.15, -0.1) is 0 Å². The van der Waals surface area contributed by atoms with Gasteiger partial charge in [0.25, 0.3) is 5.91 Å². The Hall–Kier alpha value is -2.28. The Morgan fingerprint density at radius 3 is 2.71 bits per heavy atom. The van der Waals surface area contributed by atoms with Crippen molar-refractivity contribution in [3.05, 3.63) is 48.0 Å². The highest BCUT2D eigenvalue weighted by Crippen LogP contribution is 2.24. The van der Waals surface area contributed by atoms with E-state index in [0.29, 0.717) is 12.2 Å². The molecule has 0 spiro atoms. The summed E-state index contributed by atoms with van der Waals surface area (Å²) >= 11 is 1.56. The molecule has 1 atom stereocenters. The maximum Gasteiger partial charge on any atom is 0.328 e. The van der Waals surface area contributed by atoms with Gasteiger partial charge in [0.2, 0.25) is 0 Å². The summed E-state index contributed by atoms with van der Waals surface area (Å²) in [5.41, 5.74) is 0.267. The summed E-state index contributed by atoms with van der Waals surface area (Å²) in [4.78, 5) is 24.0. The first-order valence-corrected chi connectivity index (χ1v) is 8.68. The molecule has 1 amide bonds. The summed E-state index contributed by atoms with van der Waals surface area (Å²) in [5, 5.41) is 2.58. The minimum Gasteiger partial charge on any atom is -0.467 e. The molecule has 0 bridgehead atoms. The standard InChI is InChI=1S/C17H18FNO4S/c1-22-17(21)13(9-10-24-2)19-16(20)15-8-7-14(23-15)11-5-3-4-6-12(11)18/h3-8,13H,9-10H2,1-2H3,(H,19,20)/t13-/m1/s1. The minimum absolute atomic E-state index is 0.00584. The number of rotatable bonds is 7. The van der Waals surface area contributed by atoms with Crippen LogP contribution in [-0.2, 0) is 9.53 Å². The van der Waals surface area contributed by atoms with Gasteiger partial charge in [0.05, 0.1) is 12.7 Å². The van der Waals surface area contributed by atoms with Gasteiger partial charge in [-0.1, -0.05) is 12.1 Å². The molecule has 0 saturated heterocycles. The summed E-state index contributed by atoms with van der Waals surface area (Å²) in [5.74, 6) is -0.555. The average molecular weight is 351 g/mol. The van der Waals surface area contributed by atoms with E-state index in [0.717, 1.165) is 0 Å². The highest BCUT2D eigenvalue weighted by molar-refractivity contribution is 7.98. The van der Waals surface area contributed by atoms with Crippen LogP contribution >= 0.6 is 11.8 Å². The van der Waals surface area contributed by atoms with Crippen molar-refractivity contribution < 1.29 is 23.1 Å². The van der Waals surface area contributed by atoms with E-state index in [1.807, 2.05) is 6.26 Å². The number of thioether (sulfide) groups is 1. The van der Waals surface area contributed by atoms with Gasteiger partial charge in [0, 0.05) is 0 Å². The van der Waals surface area contributed by atoms with E-state index >= 15 is 0 Å². The Kier molecular flexibility index (Phi) is 6.43. The van der Waals surface area contributed by atoms with Crippen LogP contribution in [0.4, 0.5) is 4.39 Å². The maximum absolute atomic E-state index is 13.8. The summed E-state index contributed by atoms with van der Waals surface area (Å²) < 4.78 is 23.9.